The molecule has 1 aliphatic rings. The highest BCUT2D eigenvalue weighted by molar-refractivity contribution is 5.95. The first-order chi connectivity index (χ1) is 15.5. The molecule has 1 aliphatic heterocycles. The number of aryl methyl sites for hydroxylation is 2. The number of benzene rings is 2. The Bertz CT molecular complexity index is 1200. The normalized spacial score (nSPS) is 13.2. The Hall–Kier alpha value is -3.81. The summed E-state index contributed by atoms with van der Waals surface area (Å²) in [5, 5.41) is 7.21. The highest BCUT2D eigenvalue weighted by Gasteiger charge is 2.20. The molecule has 2 heterocycles. The van der Waals surface area contributed by atoms with E-state index in [1.165, 1.54) is 10.9 Å². The van der Waals surface area contributed by atoms with Crippen molar-refractivity contribution in [2.45, 2.75) is 19.8 Å². The Morgan fingerprint density at radius 2 is 1.84 bits per heavy atom. The number of rotatable bonds is 6. The molecule has 0 aliphatic carbocycles. The Kier molecular flexibility index (Phi) is 6.11. The lowest BCUT2D eigenvalue weighted by Gasteiger charge is -2.17. The number of likely N-dealkylation sites (tertiary alicyclic amines) is 1. The second-order valence-electron chi connectivity index (χ2n) is 7.77. The van der Waals surface area contributed by atoms with Gasteiger partial charge in [0.15, 0.2) is 22.9 Å². The minimum absolute atomic E-state index is 0.00496. The molecule has 166 valence electrons. The van der Waals surface area contributed by atoms with Crippen LogP contribution >= 0.6 is 0 Å². The van der Waals surface area contributed by atoms with E-state index in [-0.39, 0.29) is 22.9 Å². The molecule has 1 aromatic heterocycles. The highest BCUT2D eigenvalue weighted by Crippen LogP contribution is 2.35. The van der Waals surface area contributed by atoms with E-state index in [0.717, 1.165) is 31.5 Å². The van der Waals surface area contributed by atoms with Crippen LogP contribution in [0.1, 0.15) is 28.8 Å². The van der Waals surface area contributed by atoms with Gasteiger partial charge in [-0.25, -0.2) is 4.68 Å². The van der Waals surface area contributed by atoms with Crippen molar-refractivity contribution >= 4 is 17.3 Å². The summed E-state index contributed by atoms with van der Waals surface area (Å²) in [6.45, 7) is 3.51. The van der Waals surface area contributed by atoms with Crippen molar-refractivity contribution in [3.63, 3.8) is 0 Å². The molecule has 1 saturated heterocycles. The van der Waals surface area contributed by atoms with Crippen LogP contribution in [0.4, 0.5) is 11.4 Å². The SMILES string of the molecule is COc1cc(C)ccc1Oc1cnn(C)c(=O)c1Nc1cccc(C(=O)N2CCCC2)c1. The third-order valence-electron chi connectivity index (χ3n) is 5.41. The van der Waals surface area contributed by atoms with Crippen molar-refractivity contribution in [3.8, 4) is 17.2 Å². The fourth-order valence-corrected chi connectivity index (χ4v) is 3.67. The van der Waals surface area contributed by atoms with Crippen LogP contribution in [0.15, 0.2) is 53.5 Å². The summed E-state index contributed by atoms with van der Waals surface area (Å²) in [6, 6.07) is 12.7. The van der Waals surface area contributed by atoms with E-state index in [9.17, 15) is 9.59 Å². The zero-order valence-electron chi connectivity index (χ0n) is 18.4. The molecule has 0 atom stereocenters. The third kappa shape index (κ3) is 4.44. The maximum absolute atomic E-state index is 12.9. The van der Waals surface area contributed by atoms with E-state index in [0.29, 0.717) is 22.7 Å². The average molecular weight is 434 g/mol. The molecule has 0 unspecified atom stereocenters. The number of aromatic nitrogens is 2. The number of methoxy groups -OCH3 is 1. The van der Waals surface area contributed by atoms with Gasteiger partial charge in [0.1, 0.15) is 0 Å². The van der Waals surface area contributed by atoms with Gasteiger partial charge < -0.3 is 19.7 Å². The van der Waals surface area contributed by atoms with Gasteiger partial charge in [-0.1, -0.05) is 12.1 Å². The molecule has 8 nitrogen and oxygen atoms in total. The molecule has 1 amide bonds. The van der Waals surface area contributed by atoms with Crippen LogP contribution < -0.4 is 20.3 Å². The number of nitrogens with zero attached hydrogens (tertiary/aromatic N) is 3. The van der Waals surface area contributed by atoms with Gasteiger partial charge in [0, 0.05) is 31.4 Å². The molecule has 0 saturated carbocycles. The summed E-state index contributed by atoms with van der Waals surface area (Å²) >= 11 is 0. The van der Waals surface area contributed by atoms with Gasteiger partial charge in [0.2, 0.25) is 0 Å². The third-order valence-corrected chi connectivity index (χ3v) is 5.41. The van der Waals surface area contributed by atoms with Crippen LogP contribution in [-0.2, 0) is 7.05 Å². The van der Waals surface area contributed by atoms with Gasteiger partial charge >= 0.3 is 0 Å². The lowest BCUT2D eigenvalue weighted by Crippen LogP contribution is -2.27. The van der Waals surface area contributed by atoms with Crippen molar-refractivity contribution in [3.05, 3.63) is 70.1 Å². The number of carbonyl (C=O) groups is 1. The number of amides is 1. The molecule has 2 aromatic carbocycles. The van der Waals surface area contributed by atoms with Crippen molar-refractivity contribution in [1.82, 2.24) is 14.7 Å². The van der Waals surface area contributed by atoms with E-state index in [1.54, 1.807) is 44.5 Å². The van der Waals surface area contributed by atoms with E-state index in [2.05, 4.69) is 10.4 Å². The van der Waals surface area contributed by atoms with Gasteiger partial charge in [0.25, 0.3) is 11.5 Å². The van der Waals surface area contributed by atoms with Crippen LogP contribution in [0, 0.1) is 6.92 Å². The summed E-state index contributed by atoms with van der Waals surface area (Å²) in [7, 11) is 3.13. The van der Waals surface area contributed by atoms with Gasteiger partial charge in [-0.15, -0.1) is 0 Å². The molecular weight excluding hydrogens is 408 g/mol. The van der Waals surface area contributed by atoms with Crippen LogP contribution in [0.5, 0.6) is 17.2 Å². The number of hydrogen-bond donors (Lipinski definition) is 1. The standard InChI is InChI=1S/C24H26N4O4/c1-16-9-10-19(20(13-16)31-3)32-21-15-25-27(2)24(30)22(21)26-18-8-6-7-17(14-18)23(29)28-11-4-5-12-28/h6-10,13-15,26H,4-5,11-12H2,1-3H3. The van der Waals surface area contributed by atoms with E-state index in [1.807, 2.05) is 24.0 Å². The van der Waals surface area contributed by atoms with Crippen molar-refractivity contribution < 1.29 is 14.3 Å². The first kappa shape index (κ1) is 21.4. The van der Waals surface area contributed by atoms with Gasteiger partial charge in [0.05, 0.1) is 13.3 Å². The maximum Gasteiger partial charge on any atom is 0.294 e. The number of nitrogens with one attached hydrogen (secondary N) is 1. The molecule has 0 bridgehead atoms. The van der Waals surface area contributed by atoms with Gasteiger partial charge in [-0.3, -0.25) is 9.59 Å². The molecule has 1 N–H and O–H groups in total. The predicted molar refractivity (Wildman–Crippen MR) is 122 cm³/mol. The summed E-state index contributed by atoms with van der Waals surface area (Å²) in [4.78, 5) is 27.5. The molecule has 4 rings (SSSR count). The summed E-state index contributed by atoms with van der Waals surface area (Å²) in [5.41, 5.74) is 2.07. The van der Waals surface area contributed by atoms with E-state index >= 15 is 0 Å². The van der Waals surface area contributed by atoms with Gasteiger partial charge in [-0.05, 0) is 55.7 Å². The van der Waals surface area contributed by atoms with Crippen LogP contribution in [0.25, 0.3) is 0 Å². The summed E-state index contributed by atoms with van der Waals surface area (Å²) < 4.78 is 12.6. The quantitative estimate of drug-likeness (QED) is 0.634. The fourth-order valence-electron chi connectivity index (χ4n) is 3.67. The monoisotopic (exact) mass is 434 g/mol. The number of ether oxygens (including phenoxy) is 2. The molecular formula is C24H26N4O4. The minimum Gasteiger partial charge on any atom is -0.493 e. The molecule has 3 aromatic rings. The van der Waals surface area contributed by atoms with Crippen LogP contribution in [0.2, 0.25) is 0 Å². The first-order valence-corrected chi connectivity index (χ1v) is 10.5. The van der Waals surface area contributed by atoms with Crippen molar-refractivity contribution in [2.75, 3.05) is 25.5 Å². The largest absolute Gasteiger partial charge is 0.493 e. The van der Waals surface area contributed by atoms with Crippen molar-refractivity contribution in [2.24, 2.45) is 7.05 Å². The van der Waals surface area contributed by atoms with Crippen LogP contribution in [0.3, 0.4) is 0 Å². The minimum atomic E-state index is -0.357. The summed E-state index contributed by atoms with van der Waals surface area (Å²) in [6.07, 6.45) is 3.53. The molecule has 8 heteroatoms. The Morgan fingerprint density at radius 3 is 2.59 bits per heavy atom. The van der Waals surface area contributed by atoms with E-state index < -0.39 is 0 Å². The molecule has 0 spiro atoms. The van der Waals surface area contributed by atoms with Crippen molar-refractivity contribution in [1.29, 1.82) is 0 Å². The average Bonchev–Trinajstić information content (AvgIpc) is 3.34. The van der Waals surface area contributed by atoms with Crippen LogP contribution in [-0.4, -0.2) is 40.8 Å². The predicted octanol–water partition coefficient (Wildman–Crippen LogP) is 3.87. The van der Waals surface area contributed by atoms with E-state index in [4.69, 9.17) is 9.47 Å². The molecule has 0 radical (unpaired) electrons. The molecule has 32 heavy (non-hydrogen) atoms. The Labute approximate surface area is 186 Å². The highest BCUT2D eigenvalue weighted by atomic mass is 16.5. The lowest BCUT2D eigenvalue weighted by molar-refractivity contribution is 0.0793. The second-order valence-corrected chi connectivity index (χ2v) is 7.77. The number of anilines is 2. The maximum atomic E-state index is 12.9. The first-order valence-electron chi connectivity index (χ1n) is 10.5. The zero-order valence-corrected chi connectivity index (χ0v) is 18.4. The number of hydrogen-bond acceptors (Lipinski definition) is 6. The summed E-state index contributed by atoms with van der Waals surface area (Å²) in [5.74, 6) is 1.27. The smallest absolute Gasteiger partial charge is 0.294 e. The Balaban J connectivity index is 1.66. The molecule has 1 fully saturated rings. The number of carbonyl (C=O) groups excluding carboxylic acids is 1. The van der Waals surface area contributed by atoms with Gasteiger partial charge in [-0.2, -0.15) is 5.10 Å². The zero-order chi connectivity index (χ0) is 22.7. The Morgan fingerprint density at radius 1 is 1.06 bits per heavy atom. The fraction of sp³-hybridized carbons (Fsp3) is 0.292. The lowest BCUT2D eigenvalue weighted by atomic mass is 10.1. The topological polar surface area (TPSA) is 85.7 Å². The second kappa shape index (κ2) is 9.13.